The van der Waals surface area contributed by atoms with Gasteiger partial charge in [-0.1, -0.05) is 0 Å². The van der Waals surface area contributed by atoms with Crippen LogP contribution in [0.15, 0.2) is 18.3 Å². The fraction of sp³-hybridized carbons (Fsp3) is 0.571. The zero-order valence-corrected chi connectivity index (χ0v) is 11.4. The van der Waals surface area contributed by atoms with Crippen molar-refractivity contribution >= 4 is 11.6 Å². The van der Waals surface area contributed by atoms with Crippen LogP contribution in [0.1, 0.15) is 37.9 Å². The molecule has 1 atom stereocenters. The summed E-state index contributed by atoms with van der Waals surface area (Å²) in [6.07, 6.45) is 4.42. The molecule has 0 saturated carbocycles. The molecule has 5 heteroatoms. The molecule has 4 N–H and O–H groups in total. The number of hydrogen-bond acceptors (Lipinski definition) is 4. The second-order valence-corrected chi connectivity index (χ2v) is 5.33. The van der Waals surface area contributed by atoms with E-state index >= 15 is 0 Å². The number of carbonyl (C=O) groups is 1. The normalized spacial score (nSPS) is 18.3. The van der Waals surface area contributed by atoms with Crippen molar-refractivity contribution in [2.75, 3.05) is 18.0 Å². The lowest BCUT2D eigenvalue weighted by molar-refractivity contribution is -0.119. The van der Waals surface area contributed by atoms with E-state index in [0.29, 0.717) is 12.3 Å². The Morgan fingerprint density at radius 2 is 2.16 bits per heavy atom. The summed E-state index contributed by atoms with van der Waals surface area (Å²) in [7, 11) is 0. The Hall–Kier alpha value is -1.62. The van der Waals surface area contributed by atoms with Gasteiger partial charge in [0, 0.05) is 25.6 Å². The van der Waals surface area contributed by atoms with Crippen molar-refractivity contribution in [1.82, 2.24) is 4.98 Å². The molecule has 1 fully saturated rings. The quantitative estimate of drug-likeness (QED) is 0.853. The SMILES string of the molecule is C[C@H](N)c1ccc(N2CCC(CC(N)=O)CC2)cn1. The van der Waals surface area contributed by atoms with Crippen molar-refractivity contribution in [2.45, 2.75) is 32.2 Å². The van der Waals surface area contributed by atoms with E-state index in [9.17, 15) is 4.79 Å². The summed E-state index contributed by atoms with van der Waals surface area (Å²) in [5.74, 6) is 0.242. The maximum Gasteiger partial charge on any atom is 0.217 e. The fourth-order valence-corrected chi connectivity index (χ4v) is 2.53. The number of aromatic nitrogens is 1. The number of nitrogens with zero attached hydrogens (tertiary/aromatic N) is 2. The van der Waals surface area contributed by atoms with Gasteiger partial charge in [0.15, 0.2) is 0 Å². The number of nitrogens with two attached hydrogens (primary N) is 2. The molecular weight excluding hydrogens is 240 g/mol. The van der Waals surface area contributed by atoms with Crippen LogP contribution in [0.3, 0.4) is 0 Å². The van der Waals surface area contributed by atoms with Gasteiger partial charge in [0.25, 0.3) is 0 Å². The highest BCUT2D eigenvalue weighted by atomic mass is 16.1. The average Bonchev–Trinajstić information content (AvgIpc) is 2.39. The number of piperidine rings is 1. The predicted molar refractivity (Wildman–Crippen MR) is 75.6 cm³/mol. The van der Waals surface area contributed by atoms with E-state index in [1.807, 2.05) is 19.2 Å². The number of pyridine rings is 1. The minimum absolute atomic E-state index is 0.0321. The number of primary amides is 1. The van der Waals surface area contributed by atoms with E-state index in [0.717, 1.165) is 37.3 Å². The lowest BCUT2D eigenvalue weighted by Gasteiger charge is -2.33. The number of carbonyl (C=O) groups excluding carboxylic acids is 1. The molecule has 0 bridgehead atoms. The molecule has 0 aliphatic carbocycles. The Balaban J connectivity index is 1.92. The van der Waals surface area contributed by atoms with Gasteiger partial charge in [0.05, 0.1) is 17.6 Å². The first-order chi connectivity index (χ1) is 9.06. The molecule has 1 aliphatic heterocycles. The predicted octanol–water partition coefficient (Wildman–Crippen LogP) is 1.19. The van der Waals surface area contributed by atoms with Crippen LogP contribution in [0.25, 0.3) is 0 Å². The highest BCUT2D eigenvalue weighted by molar-refractivity contribution is 5.74. The summed E-state index contributed by atoms with van der Waals surface area (Å²) in [4.78, 5) is 17.6. The molecule has 1 amide bonds. The van der Waals surface area contributed by atoms with Crippen molar-refractivity contribution in [3.63, 3.8) is 0 Å². The number of rotatable bonds is 4. The summed E-state index contributed by atoms with van der Waals surface area (Å²) in [5.41, 5.74) is 13.1. The summed E-state index contributed by atoms with van der Waals surface area (Å²) >= 11 is 0. The molecule has 2 rings (SSSR count). The van der Waals surface area contributed by atoms with Crippen molar-refractivity contribution in [3.8, 4) is 0 Å². The minimum atomic E-state index is -0.193. The smallest absolute Gasteiger partial charge is 0.217 e. The van der Waals surface area contributed by atoms with E-state index in [1.54, 1.807) is 0 Å². The van der Waals surface area contributed by atoms with Crippen LogP contribution in [-0.2, 0) is 4.79 Å². The summed E-state index contributed by atoms with van der Waals surface area (Å²) < 4.78 is 0. The van der Waals surface area contributed by atoms with Crippen LogP contribution in [0, 0.1) is 5.92 Å². The molecule has 1 aromatic heterocycles. The van der Waals surface area contributed by atoms with Gasteiger partial charge in [-0.3, -0.25) is 9.78 Å². The number of hydrogen-bond donors (Lipinski definition) is 2. The van der Waals surface area contributed by atoms with E-state index < -0.39 is 0 Å². The van der Waals surface area contributed by atoms with Crippen LogP contribution in [0.2, 0.25) is 0 Å². The Morgan fingerprint density at radius 1 is 1.47 bits per heavy atom. The molecule has 2 heterocycles. The van der Waals surface area contributed by atoms with Gasteiger partial charge >= 0.3 is 0 Å². The topological polar surface area (TPSA) is 85.2 Å². The molecule has 1 aliphatic rings. The lowest BCUT2D eigenvalue weighted by atomic mass is 9.93. The number of anilines is 1. The van der Waals surface area contributed by atoms with E-state index in [4.69, 9.17) is 11.5 Å². The zero-order chi connectivity index (χ0) is 13.8. The lowest BCUT2D eigenvalue weighted by Crippen LogP contribution is -2.35. The monoisotopic (exact) mass is 262 g/mol. The highest BCUT2D eigenvalue weighted by Crippen LogP contribution is 2.25. The maximum atomic E-state index is 10.9. The zero-order valence-electron chi connectivity index (χ0n) is 11.4. The van der Waals surface area contributed by atoms with Gasteiger partial charge in [-0.25, -0.2) is 0 Å². The Morgan fingerprint density at radius 3 is 2.63 bits per heavy atom. The first-order valence-corrected chi connectivity index (χ1v) is 6.81. The standard InChI is InChI=1S/C14H22N4O/c1-10(15)13-3-2-12(9-17-13)18-6-4-11(5-7-18)8-14(16)19/h2-3,9-11H,4-8,15H2,1H3,(H2,16,19)/t10-/m0/s1. The Bertz CT molecular complexity index is 422. The molecular formula is C14H22N4O. The summed E-state index contributed by atoms with van der Waals surface area (Å²) in [6, 6.07) is 4.02. The number of amides is 1. The van der Waals surface area contributed by atoms with Crippen molar-refractivity contribution < 1.29 is 4.79 Å². The highest BCUT2D eigenvalue weighted by Gasteiger charge is 2.21. The molecule has 104 valence electrons. The van der Waals surface area contributed by atoms with Crippen LogP contribution in [0.4, 0.5) is 5.69 Å². The van der Waals surface area contributed by atoms with Gasteiger partial charge in [0.2, 0.25) is 5.91 Å². The third kappa shape index (κ3) is 3.67. The minimum Gasteiger partial charge on any atom is -0.370 e. The average molecular weight is 262 g/mol. The Labute approximate surface area is 114 Å². The molecule has 1 saturated heterocycles. The van der Waals surface area contributed by atoms with Crippen molar-refractivity contribution in [3.05, 3.63) is 24.0 Å². The van der Waals surface area contributed by atoms with Gasteiger partial charge in [-0.15, -0.1) is 0 Å². The maximum absolute atomic E-state index is 10.9. The van der Waals surface area contributed by atoms with Crippen molar-refractivity contribution in [1.29, 1.82) is 0 Å². The first kappa shape index (κ1) is 13.8. The molecule has 0 aromatic carbocycles. The third-order valence-corrected chi connectivity index (χ3v) is 3.71. The van der Waals surface area contributed by atoms with Crippen LogP contribution in [0.5, 0.6) is 0 Å². The molecule has 0 spiro atoms. The molecule has 0 radical (unpaired) electrons. The van der Waals surface area contributed by atoms with Gasteiger partial charge in [-0.2, -0.15) is 0 Å². The second kappa shape index (κ2) is 6.02. The van der Waals surface area contributed by atoms with Crippen LogP contribution >= 0.6 is 0 Å². The summed E-state index contributed by atoms with van der Waals surface area (Å²) in [6.45, 7) is 3.84. The first-order valence-electron chi connectivity index (χ1n) is 6.81. The fourth-order valence-electron chi connectivity index (χ4n) is 2.53. The van der Waals surface area contributed by atoms with Crippen molar-refractivity contribution in [2.24, 2.45) is 17.4 Å². The van der Waals surface area contributed by atoms with Gasteiger partial charge in [0.1, 0.15) is 0 Å². The molecule has 0 unspecified atom stereocenters. The largest absolute Gasteiger partial charge is 0.370 e. The van der Waals surface area contributed by atoms with E-state index in [1.165, 1.54) is 0 Å². The second-order valence-electron chi connectivity index (χ2n) is 5.33. The van der Waals surface area contributed by atoms with E-state index in [-0.39, 0.29) is 11.9 Å². The Kier molecular flexibility index (Phi) is 4.37. The molecule has 19 heavy (non-hydrogen) atoms. The van der Waals surface area contributed by atoms with Crippen LogP contribution in [-0.4, -0.2) is 24.0 Å². The summed E-state index contributed by atoms with van der Waals surface area (Å²) in [5, 5.41) is 0. The van der Waals surface area contributed by atoms with Crippen LogP contribution < -0.4 is 16.4 Å². The third-order valence-electron chi connectivity index (χ3n) is 3.71. The van der Waals surface area contributed by atoms with Gasteiger partial charge < -0.3 is 16.4 Å². The van der Waals surface area contributed by atoms with E-state index in [2.05, 4.69) is 16.0 Å². The molecule has 5 nitrogen and oxygen atoms in total. The molecule has 1 aromatic rings. The van der Waals surface area contributed by atoms with Gasteiger partial charge in [-0.05, 0) is 37.8 Å².